The molecule has 0 radical (unpaired) electrons. The summed E-state index contributed by atoms with van der Waals surface area (Å²) in [5.74, 6) is 0. The second-order valence-corrected chi connectivity index (χ2v) is 30.6. The van der Waals surface area contributed by atoms with Crippen LogP contribution in [0.3, 0.4) is 0 Å². The number of pyridine rings is 7. The van der Waals surface area contributed by atoms with E-state index in [1.807, 2.05) is 134 Å². The highest BCUT2D eigenvalue weighted by molar-refractivity contribution is 5.62. The van der Waals surface area contributed by atoms with E-state index in [-0.39, 0.29) is 24.4 Å². The summed E-state index contributed by atoms with van der Waals surface area (Å²) in [7, 11) is 13.2. The monoisotopic (exact) mass is 1660 g/mol. The molecule has 0 bridgehead atoms. The van der Waals surface area contributed by atoms with Crippen LogP contribution in [0.25, 0.3) is 0 Å². The maximum atomic E-state index is 9.88. The van der Waals surface area contributed by atoms with Crippen LogP contribution in [-0.4, -0.2) is 112 Å². The molecule has 0 aliphatic carbocycles. The first-order valence-electron chi connectivity index (χ1n) is 41.2. The lowest BCUT2D eigenvalue weighted by Crippen LogP contribution is -2.29. The summed E-state index contributed by atoms with van der Waals surface area (Å²) in [6.45, 7) is 3.62. The van der Waals surface area contributed by atoms with Crippen molar-refractivity contribution in [1.82, 2.24) is 0 Å². The summed E-state index contributed by atoms with van der Waals surface area (Å²) < 4.78 is 12.8. The summed E-state index contributed by atoms with van der Waals surface area (Å²) in [6.07, 6.45) is 44.7. The standard InChI is InChI=1S/C14H27N4O.2C13H25N4O.2C12H23N4O.C10H19N4O.C9H17N4O/c1-18-9-13(16)12(14(17)10-18)7-3-2-5-11(19)6-4-8-15;1-17-8-12(15)11(13(16)9-17)6-2-4-10(18)5-3-7-14;1-17-8-12(15)11(13(16)9-17)5-3-2-4-10(18)6-7-14;1-16-7-11(14)10(12(15)8-16)4-2-3-9(17)5-6-13;1-16-7-11(14)10(12(15)8-16)5-3-2-4-9(17)6-13;1-14-5-7(12)10(8(13)6-14)9(15)3-2-4-11;1-13-4-6(11)9(7(12)5-13)8(14)2-3-10/h9-11,19H,2-8,15-17H2,1H3;2*8-10,18H,2-7,14-16H2,1H3;2*7-9,17H,2-6,13-15H2,1H3;5-6,9,15H,2-4,11-13H2,1H3;4-5,8,14H,2-3,10-12H2,1H3/q7*+1. The second-order valence-electron chi connectivity index (χ2n) is 30.6. The Morgan fingerprint density at radius 3 is 0.602 bits per heavy atom. The Hall–Kier alpha value is -9.31. The third kappa shape index (κ3) is 42.9. The van der Waals surface area contributed by atoms with Crippen LogP contribution >= 0.6 is 0 Å². The Morgan fingerprint density at radius 1 is 0.203 bits per heavy atom. The molecule has 35 heteroatoms. The van der Waals surface area contributed by atoms with Crippen molar-refractivity contribution in [2.75, 3.05) is 126 Å². The number of aliphatic hydroxyl groups is 7. The molecule has 118 heavy (non-hydrogen) atoms. The summed E-state index contributed by atoms with van der Waals surface area (Å²) in [4.78, 5) is 0. The van der Waals surface area contributed by atoms with Crippen LogP contribution in [0.15, 0.2) is 86.8 Å². The van der Waals surface area contributed by atoms with Crippen molar-refractivity contribution in [2.45, 2.75) is 216 Å². The first kappa shape index (κ1) is 107. The van der Waals surface area contributed by atoms with Gasteiger partial charge in [0.05, 0.1) is 42.7 Å². The minimum Gasteiger partial charge on any atom is -0.394 e. The van der Waals surface area contributed by atoms with E-state index in [2.05, 4.69) is 0 Å². The third-order valence-corrected chi connectivity index (χ3v) is 19.6. The zero-order chi connectivity index (χ0) is 89.1. The van der Waals surface area contributed by atoms with Crippen LogP contribution in [0.1, 0.15) is 192 Å². The van der Waals surface area contributed by atoms with Crippen molar-refractivity contribution in [3.05, 3.63) is 126 Å². The number of unbranched alkanes of at least 4 members (excludes halogenated alkanes) is 3. The zero-order valence-electron chi connectivity index (χ0n) is 72.1. The van der Waals surface area contributed by atoms with Crippen LogP contribution < -0.4 is 152 Å². The zero-order valence-corrected chi connectivity index (χ0v) is 72.1. The summed E-state index contributed by atoms with van der Waals surface area (Å²) in [5, 5.41) is 67.5. The molecule has 0 fully saturated rings. The van der Waals surface area contributed by atoms with E-state index >= 15 is 0 Å². The molecule has 0 aliphatic heterocycles. The van der Waals surface area contributed by atoms with Crippen LogP contribution in [-0.2, 0) is 81.4 Å². The molecule has 7 rings (SSSR count). The van der Waals surface area contributed by atoms with Crippen molar-refractivity contribution in [2.24, 2.45) is 89.5 Å². The maximum Gasteiger partial charge on any atom is 0.192 e. The van der Waals surface area contributed by atoms with Crippen LogP contribution in [0, 0.1) is 0 Å². The minimum absolute atomic E-state index is 0.230. The highest BCUT2D eigenvalue weighted by Gasteiger charge is 2.21. The van der Waals surface area contributed by atoms with E-state index in [1.165, 1.54) is 0 Å². The molecule has 7 aromatic rings. The number of aryl methyl sites for hydroxylation is 7. The lowest BCUT2D eigenvalue weighted by atomic mass is 10.0. The normalized spacial score (nSPS) is 12.7. The first-order chi connectivity index (χ1) is 55.8. The molecule has 0 saturated carbocycles. The fraction of sp³-hybridized carbons (Fsp3) is 0.578. The molecule has 0 saturated heterocycles. The number of hydrogen-bond donors (Lipinski definition) is 28. The predicted molar refractivity (Wildman–Crippen MR) is 479 cm³/mol. The van der Waals surface area contributed by atoms with E-state index in [9.17, 15) is 35.7 Å². The Morgan fingerprint density at radius 2 is 0.381 bits per heavy atom. The number of nitrogens with two attached hydrogens (primary N) is 21. The van der Waals surface area contributed by atoms with Crippen LogP contribution in [0.5, 0.6) is 0 Å². The minimum atomic E-state index is -0.679. The average Bonchev–Trinajstić information content (AvgIpc) is 0.842. The number of aliphatic hydroxyl groups excluding tert-OH is 7. The van der Waals surface area contributed by atoms with Crippen LogP contribution in [0.4, 0.5) is 79.6 Å². The number of nitrogen functional groups attached to an aromatic ring is 14. The number of nitrogens with zero attached hydrogens (tertiary/aromatic N) is 7. The highest BCUT2D eigenvalue weighted by Crippen LogP contribution is 2.30. The van der Waals surface area contributed by atoms with Gasteiger partial charge in [0.15, 0.2) is 86.8 Å². The summed E-state index contributed by atoms with van der Waals surface area (Å²) in [5.41, 5.74) is 136. The molecule has 0 amide bonds. The van der Waals surface area contributed by atoms with Gasteiger partial charge < -0.3 is 156 Å². The molecule has 7 unspecified atom stereocenters. The molecule has 49 N–H and O–H groups in total. The van der Waals surface area contributed by atoms with E-state index in [0.29, 0.717) is 128 Å². The van der Waals surface area contributed by atoms with Gasteiger partial charge in [-0.15, -0.1) is 0 Å². The van der Waals surface area contributed by atoms with Crippen molar-refractivity contribution in [3.63, 3.8) is 0 Å². The van der Waals surface area contributed by atoms with E-state index in [1.54, 1.807) is 33.9 Å². The van der Waals surface area contributed by atoms with Gasteiger partial charge in [0.25, 0.3) is 0 Å². The Kier molecular flexibility index (Phi) is 53.7. The van der Waals surface area contributed by atoms with Gasteiger partial charge in [-0.1, -0.05) is 19.3 Å². The SMILES string of the molecule is C[n+]1cc(N)c(C(O)CCCN)c(N)c1.C[n+]1cc(N)c(C(O)CCN)c(N)c1.C[n+]1cc(N)c(CCCC(O)CCCN)c(N)c1.C[n+]1cc(N)c(CCCC(O)CCN)c(N)c1.C[n+]1cc(N)c(CCCCC(O)CCCN)c(N)c1.C[n+]1cc(N)c(CCCCC(O)CCN)c(N)c1.C[n+]1cc(N)c(CCCCC(O)CN)c(N)c1. The van der Waals surface area contributed by atoms with E-state index in [4.69, 9.17) is 120 Å². The summed E-state index contributed by atoms with van der Waals surface area (Å²) >= 11 is 0. The molecular formula is C83H159N28O7+7. The van der Waals surface area contributed by atoms with Crippen molar-refractivity contribution < 1.29 is 67.7 Å². The average molecular weight is 1660 g/mol. The molecule has 7 aromatic heterocycles. The van der Waals surface area contributed by atoms with Gasteiger partial charge in [-0.3, -0.25) is 0 Å². The number of anilines is 14. The molecule has 0 spiro atoms. The van der Waals surface area contributed by atoms with Gasteiger partial charge in [-0.05, 0) is 193 Å². The third-order valence-electron chi connectivity index (χ3n) is 19.6. The molecule has 35 nitrogen and oxygen atoms in total. The van der Waals surface area contributed by atoms with Crippen molar-refractivity contribution >= 4 is 79.6 Å². The van der Waals surface area contributed by atoms with Gasteiger partial charge >= 0.3 is 0 Å². The topological polar surface area (TPSA) is 715 Å². The maximum absolute atomic E-state index is 9.88. The first-order valence-corrected chi connectivity index (χ1v) is 41.2. The number of hydrogen-bond acceptors (Lipinski definition) is 28. The molecule has 7 heterocycles. The molecule has 666 valence electrons. The number of rotatable bonds is 41. The molecule has 0 aliphatic rings. The van der Waals surface area contributed by atoms with Gasteiger partial charge in [-0.2, -0.15) is 0 Å². The second kappa shape index (κ2) is 59.4. The molecule has 0 aromatic carbocycles. The van der Waals surface area contributed by atoms with Gasteiger partial charge in [-0.25, -0.2) is 32.0 Å². The molecular weight excluding hydrogens is 1500 g/mol. The van der Waals surface area contributed by atoms with Gasteiger partial charge in [0.2, 0.25) is 0 Å². The quantitative estimate of drug-likeness (QED) is 0.0155. The van der Waals surface area contributed by atoms with Gasteiger partial charge in [0.1, 0.15) is 129 Å². The Bertz CT molecular complexity index is 3800. The lowest BCUT2D eigenvalue weighted by Gasteiger charge is -2.13. The largest absolute Gasteiger partial charge is 0.394 e. The highest BCUT2D eigenvalue weighted by atomic mass is 16.3. The van der Waals surface area contributed by atoms with Crippen molar-refractivity contribution in [1.29, 1.82) is 0 Å². The van der Waals surface area contributed by atoms with E-state index < -0.39 is 18.3 Å². The van der Waals surface area contributed by atoms with Gasteiger partial charge in [0, 0.05) is 45.5 Å². The Balaban J connectivity index is 0.000000690. The Labute approximate surface area is 701 Å². The molecule has 7 atom stereocenters. The van der Waals surface area contributed by atoms with Crippen LogP contribution in [0.2, 0.25) is 0 Å². The smallest absolute Gasteiger partial charge is 0.192 e. The lowest BCUT2D eigenvalue weighted by molar-refractivity contribution is -0.670. The fourth-order valence-electron chi connectivity index (χ4n) is 13.4. The predicted octanol–water partition coefficient (Wildman–Crippen LogP) is -1.39. The van der Waals surface area contributed by atoms with E-state index in [0.717, 1.165) is 210 Å². The summed E-state index contributed by atoms with van der Waals surface area (Å²) in [6, 6.07) is 0. The fourth-order valence-corrected chi connectivity index (χ4v) is 13.4. The van der Waals surface area contributed by atoms with Crippen molar-refractivity contribution in [3.8, 4) is 0 Å². The number of aromatic nitrogens is 7.